The molecule has 0 aromatic heterocycles. The fraction of sp³-hybridized carbons (Fsp3) is 0.235. The first-order valence-corrected chi connectivity index (χ1v) is 7.25. The largest absolute Gasteiger partial charge is 0.493 e. The number of ether oxygens (including phenoxy) is 1. The van der Waals surface area contributed by atoms with E-state index in [9.17, 15) is 9.90 Å². The van der Waals surface area contributed by atoms with Crippen LogP contribution in [0.1, 0.15) is 22.6 Å². The number of hydrogen-bond donors (Lipinski definition) is 1. The Bertz CT molecular complexity index is 667. The van der Waals surface area contributed by atoms with Crippen LogP contribution in [0.2, 0.25) is 5.02 Å². The summed E-state index contributed by atoms with van der Waals surface area (Å²) in [5, 5.41) is 10.2. The predicted octanol–water partition coefficient (Wildman–Crippen LogP) is 3.69. The second kappa shape index (κ2) is 5.78. The Hall–Kier alpha value is -2.00. The predicted molar refractivity (Wildman–Crippen MR) is 81.2 cm³/mol. The molecule has 108 valence electrons. The van der Waals surface area contributed by atoms with Crippen LogP contribution in [0.5, 0.6) is 5.75 Å². The van der Waals surface area contributed by atoms with E-state index in [0.717, 1.165) is 28.9 Å². The van der Waals surface area contributed by atoms with E-state index in [4.69, 9.17) is 16.3 Å². The molecule has 1 aliphatic heterocycles. The van der Waals surface area contributed by atoms with Crippen molar-refractivity contribution in [2.24, 2.45) is 0 Å². The lowest BCUT2D eigenvalue weighted by Crippen LogP contribution is -2.14. The third-order valence-corrected chi connectivity index (χ3v) is 3.97. The lowest BCUT2D eigenvalue weighted by atomic mass is 9.91. The summed E-state index contributed by atoms with van der Waals surface area (Å²) in [5.74, 6) is -0.632. The van der Waals surface area contributed by atoms with Crippen molar-refractivity contribution in [1.82, 2.24) is 0 Å². The number of rotatable bonds is 4. The van der Waals surface area contributed by atoms with E-state index in [2.05, 4.69) is 0 Å². The van der Waals surface area contributed by atoms with Crippen LogP contribution >= 0.6 is 11.6 Å². The topological polar surface area (TPSA) is 46.5 Å². The molecule has 4 heteroatoms. The summed E-state index contributed by atoms with van der Waals surface area (Å²) in [7, 11) is 0. The fourth-order valence-corrected chi connectivity index (χ4v) is 3.01. The maximum absolute atomic E-state index is 11.6. The number of benzene rings is 2. The normalized spacial score (nSPS) is 14.3. The Kier molecular flexibility index (Phi) is 3.84. The summed E-state index contributed by atoms with van der Waals surface area (Å²) in [6.07, 6.45) is 1.20. The van der Waals surface area contributed by atoms with E-state index >= 15 is 0 Å². The zero-order valence-electron chi connectivity index (χ0n) is 11.4. The third-order valence-electron chi connectivity index (χ3n) is 3.75. The molecule has 0 fully saturated rings. The summed E-state index contributed by atoms with van der Waals surface area (Å²) in [4.78, 5) is 11.6. The van der Waals surface area contributed by atoms with Crippen LogP contribution in [0, 0.1) is 0 Å². The van der Waals surface area contributed by atoms with E-state index in [-0.39, 0.29) is 0 Å². The molecule has 1 unspecified atom stereocenters. The first-order chi connectivity index (χ1) is 10.1. The average molecular weight is 303 g/mol. The zero-order chi connectivity index (χ0) is 14.8. The molecule has 0 bridgehead atoms. The number of carbonyl (C=O) groups is 1. The van der Waals surface area contributed by atoms with Crippen LogP contribution in [-0.2, 0) is 17.6 Å². The van der Waals surface area contributed by atoms with Crippen molar-refractivity contribution in [1.29, 1.82) is 0 Å². The van der Waals surface area contributed by atoms with E-state index in [0.29, 0.717) is 18.1 Å². The summed E-state index contributed by atoms with van der Waals surface area (Å²) in [6.45, 7) is 0.631. The standard InChI is InChI=1S/C17H15ClO3/c18-14-8-12-6-7-21-16(12)13(9-14)10-15(17(19)20)11-4-2-1-3-5-11/h1-5,8-9,15H,6-7,10H2,(H,19,20). The minimum Gasteiger partial charge on any atom is -0.493 e. The zero-order valence-corrected chi connectivity index (χ0v) is 12.1. The summed E-state index contributed by atoms with van der Waals surface area (Å²) in [5.41, 5.74) is 2.72. The highest BCUT2D eigenvalue weighted by atomic mass is 35.5. The SMILES string of the molecule is O=C(O)C(Cc1cc(Cl)cc2c1OCC2)c1ccccc1. The lowest BCUT2D eigenvalue weighted by molar-refractivity contribution is -0.138. The maximum Gasteiger partial charge on any atom is 0.311 e. The van der Waals surface area contributed by atoms with Crippen molar-refractivity contribution in [2.75, 3.05) is 6.61 Å². The highest BCUT2D eigenvalue weighted by Crippen LogP contribution is 2.35. The molecule has 2 aromatic rings. The van der Waals surface area contributed by atoms with Crippen LogP contribution in [0.3, 0.4) is 0 Å². The molecule has 2 aromatic carbocycles. The monoisotopic (exact) mass is 302 g/mol. The second-order valence-electron chi connectivity index (χ2n) is 5.16. The quantitative estimate of drug-likeness (QED) is 0.937. The molecule has 0 amide bonds. The molecule has 1 heterocycles. The van der Waals surface area contributed by atoms with Crippen molar-refractivity contribution in [3.05, 3.63) is 64.2 Å². The molecule has 1 N–H and O–H groups in total. The molecule has 3 rings (SSSR count). The third kappa shape index (κ3) is 2.88. The smallest absolute Gasteiger partial charge is 0.311 e. The fourth-order valence-electron chi connectivity index (χ4n) is 2.75. The molecule has 0 spiro atoms. The first-order valence-electron chi connectivity index (χ1n) is 6.87. The molecular formula is C17H15ClO3. The number of carboxylic acids is 1. The van der Waals surface area contributed by atoms with Gasteiger partial charge in [-0.1, -0.05) is 41.9 Å². The van der Waals surface area contributed by atoms with Crippen LogP contribution in [0.15, 0.2) is 42.5 Å². The Morgan fingerprint density at radius 3 is 2.76 bits per heavy atom. The van der Waals surface area contributed by atoms with Crippen LogP contribution < -0.4 is 4.74 Å². The van der Waals surface area contributed by atoms with Gasteiger partial charge in [0.2, 0.25) is 0 Å². The number of aliphatic carboxylic acids is 1. The van der Waals surface area contributed by atoms with E-state index in [1.165, 1.54) is 0 Å². The Morgan fingerprint density at radius 1 is 1.29 bits per heavy atom. The van der Waals surface area contributed by atoms with Crippen LogP contribution in [-0.4, -0.2) is 17.7 Å². The summed E-state index contributed by atoms with van der Waals surface area (Å²) < 4.78 is 5.65. The second-order valence-corrected chi connectivity index (χ2v) is 5.59. The minimum atomic E-state index is -0.840. The van der Waals surface area contributed by atoms with Gasteiger partial charge in [0, 0.05) is 11.4 Å². The molecule has 0 aliphatic carbocycles. The first kappa shape index (κ1) is 14.0. The highest BCUT2D eigenvalue weighted by molar-refractivity contribution is 6.30. The maximum atomic E-state index is 11.6. The molecular weight excluding hydrogens is 288 g/mol. The molecule has 1 aliphatic rings. The van der Waals surface area contributed by atoms with Gasteiger partial charge in [0.1, 0.15) is 5.75 Å². The van der Waals surface area contributed by atoms with Gasteiger partial charge in [-0.15, -0.1) is 0 Å². The van der Waals surface area contributed by atoms with Gasteiger partial charge in [0.15, 0.2) is 0 Å². The van der Waals surface area contributed by atoms with Crippen LogP contribution in [0.4, 0.5) is 0 Å². The molecule has 21 heavy (non-hydrogen) atoms. The highest BCUT2D eigenvalue weighted by Gasteiger charge is 2.25. The Morgan fingerprint density at radius 2 is 2.05 bits per heavy atom. The van der Waals surface area contributed by atoms with Crippen molar-refractivity contribution >= 4 is 17.6 Å². The lowest BCUT2D eigenvalue weighted by Gasteiger charge is -2.15. The number of carboxylic acid groups (broad SMARTS) is 1. The van der Waals surface area contributed by atoms with Gasteiger partial charge in [-0.3, -0.25) is 4.79 Å². The van der Waals surface area contributed by atoms with E-state index in [1.54, 1.807) is 0 Å². The Labute approximate surface area is 128 Å². The van der Waals surface area contributed by atoms with Gasteiger partial charge in [-0.2, -0.15) is 0 Å². The van der Waals surface area contributed by atoms with Gasteiger partial charge in [-0.25, -0.2) is 0 Å². The molecule has 3 nitrogen and oxygen atoms in total. The number of fused-ring (bicyclic) bond motifs is 1. The van der Waals surface area contributed by atoms with E-state index < -0.39 is 11.9 Å². The van der Waals surface area contributed by atoms with Gasteiger partial charge in [0.05, 0.1) is 12.5 Å². The van der Waals surface area contributed by atoms with Gasteiger partial charge in [-0.05, 0) is 35.2 Å². The molecule has 0 saturated carbocycles. The van der Waals surface area contributed by atoms with Crippen molar-refractivity contribution in [3.63, 3.8) is 0 Å². The van der Waals surface area contributed by atoms with Crippen LogP contribution in [0.25, 0.3) is 0 Å². The van der Waals surface area contributed by atoms with Gasteiger partial charge < -0.3 is 9.84 Å². The van der Waals surface area contributed by atoms with Crippen molar-refractivity contribution < 1.29 is 14.6 Å². The van der Waals surface area contributed by atoms with Crippen molar-refractivity contribution in [2.45, 2.75) is 18.8 Å². The van der Waals surface area contributed by atoms with Gasteiger partial charge in [0.25, 0.3) is 0 Å². The summed E-state index contributed by atoms with van der Waals surface area (Å²) in [6, 6.07) is 13.0. The molecule has 0 saturated heterocycles. The minimum absolute atomic E-state index is 0.377. The van der Waals surface area contributed by atoms with Gasteiger partial charge >= 0.3 is 5.97 Å². The van der Waals surface area contributed by atoms with E-state index in [1.807, 2.05) is 42.5 Å². The molecule has 0 radical (unpaired) electrons. The summed E-state index contributed by atoms with van der Waals surface area (Å²) >= 11 is 6.13. The van der Waals surface area contributed by atoms with Crippen molar-refractivity contribution in [3.8, 4) is 5.75 Å². The average Bonchev–Trinajstić information content (AvgIpc) is 2.93. The number of hydrogen-bond acceptors (Lipinski definition) is 2. The Balaban J connectivity index is 1.96. The number of halogens is 1. The molecule has 1 atom stereocenters.